The van der Waals surface area contributed by atoms with E-state index in [1.54, 1.807) is 6.20 Å². The third kappa shape index (κ3) is 3.63. The summed E-state index contributed by atoms with van der Waals surface area (Å²) in [5, 5.41) is 2.69. The van der Waals surface area contributed by atoms with Crippen LogP contribution >= 0.6 is 0 Å². The van der Waals surface area contributed by atoms with E-state index in [4.69, 9.17) is 5.73 Å². The number of nitrogens with two attached hydrogens (primary N) is 1. The van der Waals surface area contributed by atoms with Crippen LogP contribution in [0.25, 0.3) is 0 Å². The first-order valence-electron chi connectivity index (χ1n) is 5.04. The van der Waals surface area contributed by atoms with E-state index in [1.807, 2.05) is 6.92 Å². The van der Waals surface area contributed by atoms with Gasteiger partial charge < -0.3 is 11.1 Å². The third-order valence-electron chi connectivity index (χ3n) is 2.11. The molecule has 5 nitrogen and oxygen atoms in total. The van der Waals surface area contributed by atoms with Gasteiger partial charge in [-0.1, -0.05) is 13.3 Å². The van der Waals surface area contributed by atoms with E-state index in [9.17, 15) is 4.79 Å². The van der Waals surface area contributed by atoms with Crippen molar-refractivity contribution >= 4 is 11.7 Å². The number of hydrogen-bond acceptors (Lipinski definition) is 4. The predicted molar refractivity (Wildman–Crippen MR) is 58.1 cm³/mol. The number of rotatable bonds is 5. The molecule has 0 aliphatic carbocycles. The maximum absolute atomic E-state index is 11.7. The number of aromatic nitrogens is 2. The molecule has 0 aliphatic heterocycles. The summed E-state index contributed by atoms with van der Waals surface area (Å²) in [6.45, 7) is 2.39. The molecule has 1 aromatic heterocycles. The van der Waals surface area contributed by atoms with Crippen molar-refractivity contribution in [3.8, 4) is 0 Å². The molecule has 3 N–H and O–H groups in total. The van der Waals surface area contributed by atoms with Crippen LogP contribution in [0.1, 0.15) is 19.8 Å². The van der Waals surface area contributed by atoms with E-state index in [0.717, 1.165) is 12.8 Å². The van der Waals surface area contributed by atoms with Crippen LogP contribution in [0, 0.1) is 5.92 Å². The van der Waals surface area contributed by atoms with Crippen molar-refractivity contribution in [3.63, 3.8) is 0 Å². The quantitative estimate of drug-likeness (QED) is 0.749. The lowest BCUT2D eigenvalue weighted by Gasteiger charge is -2.12. The van der Waals surface area contributed by atoms with Crippen LogP contribution in [0.2, 0.25) is 0 Å². The zero-order chi connectivity index (χ0) is 11.1. The SMILES string of the molecule is CCCC(CN)C(=O)Nc1cnccn1. The van der Waals surface area contributed by atoms with E-state index < -0.39 is 0 Å². The van der Waals surface area contributed by atoms with Gasteiger partial charge in [-0.2, -0.15) is 0 Å². The minimum absolute atomic E-state index is 0.0835. The number of amides is 1. The molecule has 1 amide bonds. The zero-order valence-corrected chi connectivity index (χ0v) is 8.81. The lowest BCUT2D eigenvalue weighted by atomic mass is 10.0. The molecule has 0 saturated heterocycles. The molecule has 0 spiro atoms. The fourth-order valence-electron chi connectivity index (χ4n) is 1.30. The molecule has 1 rings (SSSR count). The molecule has 1 atom stereocenters. The first-order valence-corrected chi connectivity index (χ1v) is 5.04. The lowest BCUT2D eigenvalue weighted by Crippen LogP contribution is -2.29. The highest BCUT2D eigenvalue weighted by Gasteiger charge is 2.15. The van der Waals surface area contributed by atoms with Gasteiger partial charge >= 0.3 is 0 Å². The van der Waals surface area contributed by atoms with Gasteiger partial charge in [0, 0.05) is 18.9 Å². The highest BCUT2D eigenvalue weighted by Crippen LogP contribution is 2.08. The number of nitrogens with zero attached hydrogens (tertiary/aromatic N) is 2. The van der Waals surface area contributed by atoms with Gasteiger partial charge in [0.15, 0.2) is 5.82 Å². The van der Waals surface area contributed by atoms with Crippen molar-refractivity contribution in [3.05, 3.63) is 18.6 Å². The Morgan fingerprint density at radius 3 is 2.93 bits per heavy atom. The molecular formula is C10H16N4O. The van der Waals surface area contributed by atoms with Crippen LogP contribution < -0.4 is 11.1 Å². The largest absolute Gasteiger partial charge is 0.330 e. The number of nitrogens with one attached hydrogen (secondary N) is 1. The number of anilines is 1. The minimum Gasteiger partial charge on any atom is -0.330 e. The summed E-state index contributed by atoms with van der Waals surface area (Å²) in [6.07, 6.45) is 6.34. The normalized spacial score (nSPS) is 12.1. The van der Waals surface area contributed by atoms with E-state index in [0.29, 0.717) is 12.4 Å². The second kappa shape index (κ2) is 6.08. The van der Waals surface area contributed by atoms with Crippen molar-refractivity contribution < 1.29 is 4.79 Å². The van der Waals surface area contributed by atoms with Gasteiger partial charge in [-0.05, 0) is 6.42 Å². The summed E-state index contributed by atoms with van der Waals surface area (Å²) in [4.78, 5) is 19.5. The van der Waals surface area contributed by atoms with Crippen LogP contribution in [-0.4, -0.2) is 22.4 Å². The van der Waals surface area contributed by atoms with Crippen LogP contribution in [0.4, 0.5) is 5.82 Å². The highest BCUT2D eigenvalue weighted by molar-refractivity contribution is 5.91. The molecule has 0 saturated carbocycles. The van der Waals surface area contributed by atoms with Gasteiger partial charge in [0.2, 0.25) is 5.91 Å². The fraction of sp³-hybridized carbons (Fsp3) is 0.500. The van der Waals surface area contributed by atoms with Gasteiger partial charge in [0.1, 0.15) is 0 Å². The number of carbonyl (C=O) groups excluding carboxylic acids is 1. The van der Waals surface area contributed by atoms with E-state index >= 15 is 0 Å². The molecule has 0 radical (unpaired) electrons. The maximum atomic E-state index is 11.7. The van der Waals surface area contributed by atoms with Crippen LogP contribution in [0.3, 0.4) is 0 Å². The van der Waals surface area contributed by atoms with Crippen LogP contribution in [-0.2, 0) is 4.79 Å². The molecule has 1 aromatic rings. The molecule has 0 aromatic carbocycles. The Morgan fingerprint density at radius 1 is 1.60 bits per heavy atom. The summed E-state index contributed by atoms with van der Waals surface area (Å²) in [6, 6.07) is 0. The minimum atomic E-state index is -0.142. The lowest BCUT2D eigenvalue weighted by molar-refractivity contribution is -0.119. The second-order valence-electron chi connectivity index (χ2n) is 3.30. The van der Waals surface area contributed by atoms with Gasteiger partial charge in [-0.25, -0.2) is 4.98 Å². The summed E-state index contributed by atoms with van der Waals surface area (Å²) >= 11 is 0. The molecule has 1 unspecified atom stereocenters. The first kappa shape index (κ1) is 11.6. The molecule has 15 heavy (non-hydrogen) atoms. The van der Waals surface area contributed by atoms with Gasteiger partial charge in [0.25, 0.3) is 0 Å². The Hall–Kier alpha value is -1.49. The van der Waals surface area contributed by atoms with Crippen LogP contribution in [0.15, 0.2) is 18.6 Å². The Labute approximate surface area is 89.1 Å². The molecule has 0 aliphatic rings. The number of hydrogen-bond donors (Lipinski definition) is 2. The smallest absolute Gasteiger partial charge is 0.229 e. The average molecular weight is 208 g/mol. The monoisotopic (exact) mass is 208 g/mol. The van der Waals surface area contributed by atoms with E-state index in [2.05, 4.69) is 15.3 Å². The third-order valence-corrected chi connectivity index (χ3v) is 2.11. The van der Waals surface area contributed by atoms with Gasteiger partial charge in [0.05, 0.1) is 12.1 Å². The fourth-order valence-corrected chi connectivity index (χ4v) is 1.30. The molecule has 5 heteroatoms. The van der Waals surface area contributed by atoms with E-state index in [-0.39, 0.29) is 11.8 Å². The topological polar surface area (TPSA) is 80.9 Å². The van der Waals surface area contributed by atoms with Crippen LogP contribution in [0.5, 0.6) is 0 Å². The predicted octanol–water partition coefficient (Wildman–Crippen LogP) is 0.790. The summed E-state index contributed by atoms with van der Waals surface area (Å²) in [7, 11) is 0. The Morgan fingerprint density at radius 2 is 2.40 bits per heavy atom. The summed E-state index contributed by atoms with van der Waals surface area (Å²) in [5.41, 5.74) is 5.52. The highest BCUT2D eigenvalue weighted by atomic mass is 16.1. The van der Waals surface area contributed by atoms with Crippen molar-refractivity contribution in [2.24, 2.45) is 11.7 Å². The van der Waals surface area contributed by atoms with Gasteiger partial charge in [-0.3, -0.25) is 9.78 Å². The standard InChI is InChI=1S/C10H16N4O/c1-2-3-8(6-11)10(15)14-9-7-12-4-5-13-9/h4-5,7-8H,2-3,6,11H2,1H3,(H,13,14,15). The van der Waals surface area contributed by atoms with Crippen molar-refractivity contribution in [1.29, 1.82) is 0 Å². The van der Waals surface area contributed by atoms with Crippen molar-refractivity contribution in [1.82, 2.24) is 9.97 Å². The molecule has 82 valence electrons. The number of carbonyl (C=O) groups is 1. The zero-order valence-electron chi connectivity index (χ0n) is 8.81. The van der Waals surface area contributed by atoms with Gasteiger partial charge in [-0.15, -0.1) is 0 Å². The molecular weight excluding hydrogens is 192 g/mol. The first-order chi connectivity index (χ1) is 7.27. The summed E-state index contributed by atoms with van der Waals surface area (Å²) < 4.78 is 0. The Kier molecular flexibility index (Phi) is 4.70. The molecule has 0 bridgehead atoms. The average Bonchev–Trinajstić information content (AvgIpc) is 2.27. The van der Waals surface area contributed by atoms with Crippen molar-refractivity contribution in [2.45, 2.75) is 19.8 Å². The molecule has 0 fully saturated rings. The van der Waals surface area contributed by atoms with E-state index in [1.165, 1.54) is 12.4 Å². The maximum Gasteiger partial charge on any atom is 0.229 e. The Balaban J connectivity index is 2.54. The summed E-state index contributed by atoms with van der Waals surface area (Å²) in [5.74, 6) is 0.244. The van der Waals surface area contributed by atoms with Crippen molar-refractivity contribution in [2.75, 3.05) is 11.9 Å². The molecule has 1 heterocycles. The second-order valence-corrected chi connectivity index (χ2v) is 3.30. The Bertz CT molecular complexity index is 302.